The molecule has 176 valence electrons. The number of amides is 2. The molecule has 1 saturated heterocycles. The summed E-state index contributed by atoms with van der Waals surface area (Å²) in [7, 11) is 0. The second kappa shape index (κ2) is 11.3. The first-order valence-electron chi connectivity index (χ1n) is 12.4. The Bertz CT molecular complexity index is 1000. The van der Waals surface area contributed by atoms with Crippen LogP contribution in [0.4, 0.5) is 0 Å². The first-order valence-corrected chi connectivity index (χ1v) is 12.4. The van der Waals surface area contributed by atoms with Gasteiger partial charge in [-0.1, -0.05) is 38.2 Å². The van der Waals surface area contributed by atoms with E-state index in [0.717, 1.165) is 50.6 Å². The molecule has 1 N–H and O–H groups in total. The Kier molecular flexibility index (Phi) is 7.92. The lowest BCUT2D eigenvalue weighted by Gasteiger charge is -2.27. The van der Waals surface area contributed by atoms with Crippen molar-refractivity contribution in [3.05, 3.63) is 63.8 Å². The number of hydrogen-bond donors (Lipinski definition) is 1. The van der Waals surface area contributed by atoms with Gasteiger partial charge in [0, 0.05) is 37.7 Å². The van der Waals surface area contributed by atoms with Crippen LogP contribution in [0.1, 0.15) is 90.6 Å². The van der Waals surface area contributed by atoms with Crippen molar-refractivity contribution in [1.29, 1.82) is 0 Å². The number of likely N-dealkylation sites (tertiary alicyclic amines) is 1. The van der Waals surface area contributed by atoms with Gasteiger partial charge in [0.2, 0.25) is 5.43 Å². The van der Waals surface area contributed by atoms with Crippen molar-refractivity contribution < 1.29 is 9.59 Å². The Balaban J connectivity index is 1.63. The van der Waals surface area contributed by atoms with Gasteiger partial charge in [-0.15, -0.1) is 0 Å². The van der Waals surface area contributed by atoms with Crippen molar-refractivity contribution in [2.75, 3.05) is 13.1 Å². The molecule has 1 saturated carbocycles. The lowest BCUT2D eigenvalue weighted by molar-refractivity contribution is 0.0722. The SMILES string of the molecule is O=C(NC1CCCCCCC1)c1cn(Cc2ccccn2)cc(C(=O)N2CCCCC2)c1=O. The average Bonchev–Trinajstić information content (AvgIpc) is 2.82. The molecule has 2 aliphatic rings. The molecule has 7 nitrogen and oxygen atoms in total. The van der Waals surface area contributed by atoms with Crippen molar-refractivity contribution in [3.8, 4) is 0 Å². The van der Waals surface area contributed by atoms with Crippen molar-refractivity contribution in [1.82, 2.24) is 19.8 Å². The molecule has 2 aromatic rings. The Morgan fingerprint density at radius 1 is 0.909 bits per heavy atom. The van der Waals surface area contributed by atoms with E-state index in [1.54, 1.807) is 28.1 Å². The van der Waals surface area contributed by atoms with Gasteiger partial charge < -0.3 is 14.8 Å². The fraction of sp³-hybridized carbons (Fsp3) is 0.538. The molecule has 0 aromatic carbocycles. The normalized spacial score (nSPS) is 17.8. The fourth-order valence-corrected chi connectivity index (χ4v) is 4.85. The van der Waals surface area contributed by atoms with Crippen LogP contribution in [-0.2, 0) is 6.54 Å². The number of pyridine rings is 2. The van der Waals surface area contributed by atoms with E-state index in [-0.39, 0.29) is 29.0 Å². The van der Waals surface area contributed by atoms with Crippen molar-refractivity contribution in [2.24, 2.45) is 0 Å². The third kappa shape index (κ3) is 6.09. The molecule has 0 radical (unpaired) electrons. The maximum atomic E-state index is 13.3. The minimum atomic E-state index is -0.480. The van der Waals surface area contributed by atoms with Gasteiger partial charge in [-0.3, -0.25) is 19.4 Å². The molecule has 0 bridgehead atoms. The van der Waals surface area contributed by atoms with Crippen LogP contribution in [-0.4, -0.2) is 45.4 Å². The predicted molar refractivity (Wildman–Crippen MR) is 127 cm³/mol. The second-order valence-corrected chi connectivity index (χ2v) is 9.28. The zero-order chi connectivity index (χ0) is 23.0. The average molecular weight is 451 g/mol. The maximum Gasteiger partial charge on any atom is 0.259 e. The van der Waals surface area contributed by atoms with Crippen molar-refractivity contribution in [3.63, 3.8) is 0 Å². The van der Waals surface area contributed by atoms with E-state index in [9.17, 15) is 14.4 Å². The van der Waals surface area contributed by atoms with E-state index >= 15 is 0 Å². The summed E-state index contributed by atoms with van der Waals surface area (Å²) in [5.74, 6) is -0.663. The maximum absolute atomic E-state index is 13.3. The zero-order valence-electron chi connectivity index (χ0n) is 19.3. The summed E-state index contributed by atoms with van der Waals surface area (Å²) < 4.78 is 1.74. The molecule has 2 aromatic heterocycles. The van der Waals surface area contributed by atoms with Gasteiger partial charge in [-0.25, -0.2) is 0 Å². The van der Waals surface area contributed by atoms with Crippen LogP contribution in [0.2, 0.25) is 0 Å². The molecular weight excluding hydrogens is 416 g/mol. The molecular formula is C26H34N4O3. The minimum absolute atomic E-state index is 0.0378. The molecule has 0 atom stereocenters. The molecule has 3 heterocycles. The van der Waals surface area contributed by atoms with E-state index in [1.165, 1.54) is 19.3 Å². The van der Waals surface area contributed by atoms with Gasteiger partial charge in [0.05, 0.1) is 12.2 Å². The summed E-state index contributed by atoms with van der Waals surface area (Å²) in [5, 5.41) is 3.09. The van der Waals surface area contributed by atoms with Crippen molar-refractivity contribution >= 4 is 11.8 Å². The molecule has 1 aliphatic carbocycles. The summed E-state index contributed by atoms with van der Waals surface area (Å²) >= 11 is 0. The van der Waals surface area contributed by atoms with Crippen LogP contribution in [0.15, 0.2) is 41.6 Å². The van der Waals surface area contributed by atoms with E-state index in [0.29, 0.717) is 19.6 Å². The molecule has 0 spiro atoms. The number of rotatable bonds is 5. The highest BCUT2D eigenvalue weighted by molar-refractivity contribution is 5.99. The van der Waals surface area contributed by atoms with Crippen molar-refractivity contribution in [2.45, 2.75) is 76.8 Å². The Morgan fingerprint density at radius 2 is 1.58 bits per heavy atom. The molecule has 33 heavy (non-hydrogen) atoms. The number of nitrogens with zero attached hydrogens (tertiary/aromatic N) is 3. The summed E-state index contributed by atoms with van der Waals surface area (Å²) in [6.07, 6.45) is 15.5. The minimum Gasteiger partial charge on any atom is -0.349 e. The smallest absolute Gasteiger partial charge is 0.259 e. The number of aromatic nitrogens is 2. The number of carbonyl (C=O) groups excluding carboxylic acids is 2. The number of piperidine rings is 1. The quantitative estimate of drug-likeness (QED) is 0.752. The van der Waals surface area contributed by atoms with E-state index in [2.05, 4.69) is 10.3 Å². The summed E-state index contributed by atoms with van der Waals surface area (Å²) in [5.41, 5.74) is 0.420. The standard InChI is InChI=1S/C26H34N4O3/c31-24-22(25(32)28-20-11-5-2-1-3-6-12-20)18-29(17-21-13-7-8-14-27-21)19-23(24)26(33)30-15-9-4-10-16-30/h7-8,13-14,18-20H,1-6,9-12,15-17H2,(H,28,32). The Hall–Kier alpha value is -2.96. The Morgan fingerprint density at radius 3 is 2.27 bits per heavy atom. The van der Waals surface area contributed by atoms with Crippen LogP contribution in [0.25, 0.3) is 0 Å². The van der Waals surface area contributed by atoms with Gasteiger partial charge in [0.15, 0.2) is 0 Å². The summed E-state index contributed by atoms with van der Waals surface area (Å²) in [6.45, 7) is 1.68. The highest BCUT2D eigenvalue weighted by Gasteiger charge is 2.25. The van der Waals surface area contributed by atoms with Crippen LogP contribution >= 0.6 is 0 Å². The third-order valence-corrected chi connectivity index (χ3v) is 6.71. The molecule has 2 fully saturated rings. The number of carbonyl (C=O) groups is 2. The molecule has 1 aliphatic heterocycles. The van der Waals surface area contributed by atoms with Gasteiger partial charge in [0.25, 0.3) is 11.8 Å². The molecule has 7 heteroatoms. The molecule has 2 amide bonds. The van der Waals surface area contributed by atoms with Crippen LogP contribution in [0.3, 0.4) is 0 Å². The first kappa shape index (κ1) is 23.2. The van der Waals surface area contributed by atoms with Crippen LogP contribution < -0.4 is 10.7 Å². The topological polar surface area (TPSA) is 84.3 Å². The largest absolute Gasteiger partial charge is 0.349 e. The predicted octanol–water partition coefficient (Wildman–Crippen LogP) is 3.76. The fourth-order valence-electron chi connectivity index (χ4n) is 4.85. The lowest BCUT2D eigenvalue weighted by atomic mass is 9.96. The van der Waals surface area contributed by atoms with Crippen LogP contribution in [0.5, 0.6) is 0 Å². The van der Waals surface area contributed by atoms with E-state index in [1.807, 2.05) is 18.2 Å². The lowest BCUT2D eigenvalue weighted by Crippen LogP contribution is -2.42. The van der Waals surface area contributed by atoms with Gasteiger partial charge in [-0.05, 0) is 44.2 Å². The summed E-state index contributed by atoms with van der Waals surface area (Å²) in [6, 6.07) is 5.70. The highest BCUT2D eigenvalue weighted by atomic mass is 16.2. The molecule has 4 rings (SSSR count). The van der Waals surface area contributed by atoms with E-state index in [4.69, 9.17) is 0 Å². The van der Waals surface area contributed by atoms with Crippen LogP contribution in [0, 0.1) is 0 Å². The molecule has 0 unspecified atom stereocenters. The second-order valence-electron chi connectivity index (χ2n) is 9.28. The highest BCUT2D eigenvalue weighted by Crippen LogP contribution is 2.18. The van der Waals surface area contributed by atoms with E-state index < -0.39 is 5.43 Å². The van der Waals surface area contributed by atoms with Gasteiger partial charge >= 0.3 is 0 Å². The monoisotopic (exact) mass is 450 g/mol. The first-order chi connectivity index (χ1) is 16.1. The third-order valence-electron chi connectivity index (χ3n) is 6.71. The zero-order valence-corrected chi connectivity index (χ0v) is 19.3. The Labute approximate surface area is 195 Å². The van der Waals surface area contributed by atoms with Gasteiger partial charge in [0.1, 0.15) is 11.1 Å². The summed E-state index contributed by atoms with van der Waals surface area (Å²) in [4.78, 5) is 45.9. The number of hydrogen-bond acceptors (Lipinski definition) is 4. The van der Waals surface area contributed by atoms with Gasteiger partial charge in [-0.2, -0.15) is 0 Å². The number of nitrogens with one attached hydrogen (secondary N) is 1.